The minimum absolute atomic E-state index is 0. The first-order valence-electron chi connectivity index (χ1n) is 4.09. The van der Waals surface area contributed by atoms with Gasteiger partial charge in [-0.3, -0.25) is 9.32 Å². The third-order valence-corrected chi connectivity index (χ3v) is 2.07. The van der Waals surface area contributed by atoms with Crippen molar-refractivity contribution < 1.29 is 44.1 Å². The van der Waals surface area contributed by atoms with Crippen molar-refractivity contribution in [3.8, 4) is 0 Å². The van der Waals surface area contributed by atoms with Crippen LogP contribution in [-0.4, -0.2) is 143 Å². The monoisotopic (exact) mass is 334 g/mol. The van der Waals surface area contributed by atoms with Gasteiger partial charge in [0.2, 0.25) is 0 Å². The molecule has 104 valence electrons. The normalized spacial score (nSPS) is 15.0. The standard InChI is InChI=1S/C6H13O9P.Mg.2Na.4H/c7-3(1-5(9)10)6(11)4(8)2-15-16(12,13)14;;;;;;;/h3-4,6-8,11H,1-2H2,(H,9,10)(H2,12,13,14);;;;;;;/t3-,4+,6+;;;;;;;/m0......./s1. The molecule has 0 aromatic heterocycles. The Morgan fingerprint density at radius 1 is 1.11 bits per heavy atom. The van der Waals surface area contributed by atoms with E-state index in [1.807, 2.05) is 0 Å². The van der Waals surface area contributed by atoms with Crippen LogP contribution in [-0.2, 0) is 13.9 Å². The second-order valence-electron chi connectivity index (χ2n) is 3.01. The first-order chi connectivity index (χ1) is 7.13. The van der Waals surface area contributed by atoms with Crippen molar-refractivity contribution in [2.75, 3.05) is 6.61 Å². The van der Waals surface area contributed by atoms with Gasteiger partial charge in [0, 0.05) is 0 Å². The first-order valence-corrected chi connectivity index (χ1v) is 5.62. The number of rotatable bonds is 7. The summed E-state index contributed by atoms with van der Waals surface area (Å²) in [6.07, 6.45) is -6.24. The molecule has 13 heteroatoms. The average Bonchev–Trinajstić information content (AvgIpc) is 2.10. The Bertz CT molecular complexity index is 288. The van der Waals surface area contributed by atoms with Gasteiger partial charge in [0.15, 0.2) is 0 Å². The van der Waals surface area contributed by atoms with Gasteiger partial charge < -0.3 is 30.2 Å². The predicted octanol–water partition coefficient (Wildman–Crippen LogP) is -4.56. The third-order valence-electron chi connectivity index (χ3n) is 1.59. The zero-order valence-corrected chi connectivity index (χ0v) is 8.90. The quantitative estimate of drug-likeness (QED) is 0.198. The number of phosphoric acid groups is 1. The van der Waals surface area contributed by atoms with Crippen LogP contribution in [0.5, 0.6) is 0 Å². The molecule has 0 heterocycles. The molecule has 6 N–H and O–H groups in total. The first kappa shape index (κ1) is 29.3. The Morgan fingerprint density at radius 2 is 1.53 bits per heavy atom. The number of hydrogen-bond acceptors (Lipinski definition) is 6. The molecule has 3 atom stereocenters. The van der Waals surface area contributed by atoms with E-state index < -0.39 is 45.1 Å². The molecule has 0 saturated heterocycles. The molecule has 0 bridgehead atoms. The molecule has 0 aromatic carbocycles. The van der Waals surface area contributed by atoms with E-state index in [1.165, 1.54) is 0 Å². The van der Waals surface area contributed by atoms with Crippen LogP contribution >= 0.6 is 7.82 Å². The molecule has 0 saturated carbocycles. The molecule has 0 aromatic rings. The number of phosphoric ester groups is 1. The number of carboxylic acid groups (broad SMARTS) is 1. The number of aliphatic hydroxyl groups is 3. The summed E-state index contributed by atoms with van der Waals surface area (Å²) >= 11 is 0. The molecule has 0 radical (unpaired) electrons. The zero-order chi connectivity index (χ0) is 12.9. The fourth-order valence-corrected chi connectivity index (χ4v) is 1.18. The van der Waals surface area contributed by atoms with Crippen LogP contribution in [0.15, 0.2) is 0 Å². The van der Waals surface area contributed by atoms with Crippen LogP contribution in [0.2, 0.25) is 0 Å². The van der Waals surface area contributed by atoms with Crippen LogP contribution in [0.3, 0.4) is 0 Å². The van der Waals surface area contributed by atoms with Gasteiger partial charge in [0.1, 0.15) is 12.2 Å². The molecule has 0 rings (SSSR count). The van der Waals surface area contributed by atoms with Gasteiger partial charge in [0.05, 0.1) is 19.1 Å². The van der Waals surface area contributed by atoms with Gasteiger partial charge in [-0.25, -0.2) is 4.57 Å². The van der Waals surface area contributed by atoms with Crippen LogP contribution in [0, 0.1) is 0 Å². The number of hydrogen-bond donors (Lipinski definition) is 6. The molecule has 0 fully saturated rings. The van der Waals surface area contributed by atoms with Crippen molar-refractivity contribution in [2.24, 2.45) is 0 Å². The van der Waals surface area contributed by atoms with E-state index in [2.05, 4.69) is 4.52 Å². The Balaban J connectivity index is -0.000000375. The molecule has 19 heavy (non-hydrogen) atoms. The molecule has 0 aliphatic rings. The van der Waals surface area contributed by atoms with E-state index >= 15 is 0 Å². The second-order valence-corrected chi connectivity index (χ2v) is 4.25. The fourth-order valence-electron chi connectivity index (χ4n) is 0.828. The second kappa shape index (κ2) is 13.9. The Labute approximate surface area is 169 Å². The topological polar surface area (TPSA) is 165 Å². The van der Waals surface area contributed by atoms with Crippen molar-refractivity contribution in [3.63, 3.8) is 0 Å². The Hall–Kier alpha value is 2.23. The van der Waals surface area contributed by atoms with Crippen molar-refractivity contribution in [1.82, 2.24) is 0 Å². The van der Waals surface area contributed by atoms with E-state index in [9.17, 15) is 9.36 Å². The summed E-state index contributed by atoms with van der Waals surface area (Å²) in [5.41, 5.74) is 0. The molecule has 9 nitrogen and oxygen atoms in total. The zero-order valence-electron chi connectivity index (χ0n) is 8.00. The summed E-state index contributed by atoms with van der Waals surface area (Å²) in [5, 5.41) is 35.5. The fraction of sp³-hybridized carbons (Fsp3) is 0.833. The molecule has 0 amide bonds. The summed E-state index contributed by atoms with van der Waals surface area (Å²) in [6.45, 7) is -0.928. The van der Waals surface area contributed by atoms with Crippen molar-refractivity contribution >= 4 is 96.0 Å². The van der Waals surface area contributed by atoms with E-state index in [1.54, 1.807) is 0 Å². The van der Waals surface area contributed by atoms with Gasteiger partial charge in [-0.2, -0.15) is 0 Å². The van der Waals surface area contributed by atoms with Gasteiger partial charge in [0.25, 0.3) is 0 Å². The van der Waals surface area contributed by atoms with Crippen molar-refractivity contribution in [3.05, 3.63) is 0 Å². The maximum absolute atomic E-state index is 10.2. The summed E-state index contributed by atoms with van der Waals surface area (Å²) in [7, 11) is -4.79. The van der Waals surface area contributed by atoms with Crippen LogP contribution < -0.4 is 0 Å². The number of aliphatic carboxylic acids is 1. The van der Waals surface area contributed by atoms with Crippen molar-refractivity contribution in [2.45, 2.75) is 24.7 Å². The Kier molecular flexibility index (Phi) is 21.3. The molecule has 0 unspecified atom stereocenters. The van der Waals surface area contributed by atoms with E-state index in [0.717, 1.165) is 0 Å². The number of carboxylic acids is 1. The SMILES string of the molecule is O=C(O)C[C@H](O)[C@@H](O)[C@H](O)COP(=O)(O)O.[MgH2].[NaH].[NaH]. The van der Waals surface area contributed by atoms with E-state index in [0.29, 0.717) is 0 Å². The average molecular weight is 334 g/mol. The minimum atomic E-state index is -4.79. The van der Waals surface area contributed by atoms with Gasteiger partial charge in [-0.15, -0.1) is 0 Å². The van der Waals surface area contributed by atoms with Crippen LogP contribution in [0.4, 0.5) is 0 Å². The molecule has 0 aliphatic heterocycles. The van der Waals surface area contributed by atoms with E-state index in [4.69, 9.17) is 30.2 Å². The van der Waals surface area contributed by atoms with Gasteiger partial charge in [-0.1, -0.05) is 0 Å². The number of carbonyl (C=O) groups is 1. The molecular weight excluding hydrogens is 317 g/mol. The summed E-state index contributed by atoms with van der Waals surface area (Å²) in [6, 6.07) is 0. The Morgan fingerprint density at radius 3 is 1.84 bits per heavy atom. The van der Waals surface area contributed by atoms with Crippen LogP contribution in [0.25, 0.3) is 0 Å². The molecular formula is C6H17MgNa2O9P. The van der Waals surface area contributed by atoms with Gasteiger partial charge in [-0.05, 0) is 0 Å². The third kappa shape index (κ3) is 16.4. The van der Waals surface area contributed by atoms with Crippen molar-refractivity contribution in [1.29, 1.82) is 0 Å². The van der Waals surface area contributed by atoms with E-state index in [-0.39, 0.29) is 82.2 Å². The van der Waals surface area contributed by atoms with Crippen LogP contribution in [0.1, 0.15) is 6.42 Å². The summed E-state index contributed by atoms with van der Waals surface area (Å²) in [4.78, 5) is 26.7. The molecule has 0 aliphatic carbocycles. The summed E-state index contributed by atoms with van der Waals surface area (Å²) in [5.74, 6) is -1.39. The number of aliphatic hydroxyl groups excluding tert-OH is 3. The maximum atomic E-state index is 10.2. The molecule has 0 spiro atoms. The predicted molar refractivity (Wildman–Crippen MR) is 71.1 cm³/mol. The summed E-state index contributed by atoms with van der Waals surface area (Å²) < 4.78 is 14.1. The van der Waals surface area contributed by atoms with Gasteiger partial charge >= 0.3 is 96.0 Å².